The van der Waals surface area contributed by atoms with Gasteiger partial charge in [0.1, 0.15) is 6.54 Å². The van der Waals surface area contributed by atoms with Crippen molar-refractivity contribution in [2.24, 2.45) is 4.99 Å². The maximum atomic E-state index is 12.2. The summed E-state index contributed by atoms with van der Waals surface area (Å²) in [4.78, 5) is 30.2. The highest BCUT2D eigenvalue weighted by Gasteiger charge is 2.15. The highest BCUT2D eigenvalue weighted by atomic mass is 127. The van der Waals surface area contributed by atoms with Crippen molar-refractivity contribution in [3.63, 3.8) is 0 Å². The van der Waals surface area contributed by atoms with Crippen molar-refractivity contribution in [1.82, 2.24) is 20.9 Å². The van der Waals surface area contributed by atoms with Crippen LogP contribution in [0, 0.1) is 0 Å². The summed E-state index contributed by atoms with van der Waals surface area (Å²) in [5.41, 5.74) is 1.77. The number of benzene rings is 1. The highest BCUT2D eigenvalue weighted by Crippen LogP contribution is 2.17. The van der Waals surface area contributed by atoms with E-state index in [0.29, 0.717) is 24.1 Å². The third kappa shape index (κ3) is 9.32. The van der Waals surface area contributed by atoms with Crippen molar-refractivity contribution in [2.45, 2.75) is 51.5 Å². The molecule has 7 nitrogen and oxygen atoms in total. The van der Waals surface area contributed by atoms with Gasteiger partial charge in [-0.25, -0.2) is 4.99 Å². The van der Waals surface area contributed by atoms with Crippen LogP contribution in [0.25, 0.3) is 0 Å². The second-order valence-corrected chi connectivity index (χ2v) is 7.67. The first-order valence-corrected chi connectivity index (χ1v) is 10.6. The average Bonchev–Trinajstić information content (AvgIpc) is 2.72. The lowest BCUT2D eigenvalue weighted by Gasteiger charge is -2.22. The number of hydrogen-bond acceptors (Lipinski definition) is 3. The maximum Gasteiger partial charge on any atom is 0.253 e. The van der Waals surface area contributed by atoms with E-state index >= 15 is 0 Å². The van der Waals surface area contributed by atoms with E-state index in [9.17, 15) is 9.59 Å². The molecule has 0 heterocycles. The standard InChI is InChI=1S/C22H35N5O2.HI/c1-4-23-22(25-16-20(28)26-19-11-6-5-7-12-19)24-14-13-17-9-8-10-18(15-17)21(29)27(2)3;/h8-10,15,19H,4-7,11-14,16H2,1-3H3,(H,26,28)(H2,23,24,25);1H. The zero-order valence-corrected chi connectivity index (χ0v) is 20.7. The number of nitrogens with one attached hydrogen (secondary N) is 3. The van der Waals surface area contributed by atoms with Crippen LogP contribution in [0.1, 0.15) is 54.9 Å². The lowest BCUT2D eigenvalue weighted by Crippen LogP contribution is -2.41. The minimum absolute atomic E-state index is 0. The van der Waals surface area contributed by atoms with Gasteiger partial charge in [-0.3, -0.25) is 9.59 Å². The number of nitrogens with zero attached hydrogens (tertiary/aromatic N) is 2. The third-order valence-electron chi connectivity index (χ3n) is 4.98. The molecule has 1 fully saturated rings. The summed E-state index contributed by atoms with van der Waals surface area (Å²) in [5, 5.41) is 9.52. The summed E-state index contributed by atoms with van der Waals surface area (Å²) in [6.07, 6.45) is 6.56. The van der Waals surface area contributed by atoms with Crippen molar-refractivity contribution < 1.29 is 9.59 Å². The van der Waals surface area contributed by atoms with Crippen molar-refractivity contribution >= 4 is 41.8 Å². The molecular formula is C22H36IN5O2. The van der Waals surface area contributed by atoms with E-state index in [1.54, 1.807) is 19.0 Å². The van der Waals surface area contributed by atoms with Gasteiger partial charge in [0.05, 0.1) is 0 Å². The van der Waals surface area contributed by atoms with Gasteiger partial charge in [-0.2, -0.15) is 0 Å². The lowest BCUT2D eigenvalue weighted by atomic mass is 9.95. The van der Waals surface area contributed by atoms with E-state index in [-0.39, 0.29) is 42.3 Å². The molecule has 1 aliphatic carbocycles. The zero-order valence-electron chi connectivity index (χ0n) is 18.4. The van der Waals surface area contributed by atoms with Gasteiger partial charge in [0.2, 0.25) is 5.91 Å². The summed E-state index contributed by atoms with van der Waals surface area (Å²) in [6, 6.07) is 7.97. The van der Waals surface area contributed by atoms with Crippen LogP contribution in [0.4, 0.5) is 0 Å². The Morgan fingerprint density at radius 3 is 2.53 bits per heavy atom. The first-order chi connectivity index (χ1) is 14.0. The molecule has 0 bridgehead atoms. The molecule has 0 aliphatic heterocycles. The van der Waals surface area contributed by atoms with Crippen LogP contribution in [0.3, 0.4) is 0 Å². The normalized spacial score (nSPS) is 14.4. The van der Waals surface area contributed by atoms with Crippen molar-refractivity contribution in [3.8, 4) is 0 Å². The van der Waals surface area contributed by atoms with Crippen molar-refractivity contribution in [2.75, 3.05) is 33.7 Å². The lowest BCUT2D eigenvalue weighted by molar-refractivity contribution is -0.120. The molecule has 1 aliphatic rings. The molecule has 1 aromatic carbocycles. The molecule has 8 heteroatoms. The van der Waals surface area contributed by atoms with Crippen molar-refractivity contribution in [3.05, 3.63) is 35.4 Å². The predicted octanol–water partition coefficient (Wildman–Crippen LogP) is 2.55. The summed E-state index contributed by atoms with van der Waals surface area (Å²) in [7, 11) is 3.50. The maximum absolute atomic E-state index is 12.2. The number of halogens is 1. The Kier molecular flexibility index (Phi) is 12.4. The van der Waals surface area contributed by atoms with E-state index in [0.717, 1.165) is 31.4 Å². The largest absolute Gasteiger partial charge is 0.357 e. The molecule has 3 N–H and O–H groups in total. The van der Waals surface area contributed by atoms with Gasteiger partial charge in [-0.15, -0.1) is 24.0 Å². The van der Waals surface area contributed by atoms with Crippen LogP contribution < -0.4 is 16.0 Å². The molecule has 168 valence electrons. The highest BCUT2D eigenvalue weighted by molar-refractivity contribution is 14.0. The number of aliphatic imine (C=N–C) groups is 1. The van der Waals surface area contributed by atoms with Gasteiger partial charge in [-0.05, 0) is 43.9 Å². The number of carbonyl (C=O) groups excluding carboxylic acids is 2. The Morgan fingerprint density at radius 2 is 1.87 bits per heavy atom. The molecule has 0 unspecified atom stereocenters. The SMILES string of the molecule is CCNC(=NCC(=O)NC1CCCCC1)NCCc1cccc(C(=O)N(C)C)c1.I. The Morgan fingerprint density at radius 1 is 1.13 bits per heavy atom. The van der Waals surface area contributed by atoms with Crippen LogP contribution in [0.2, 0.25) is 0 Å². The summed E-state index contributed by atoms with van der Waals surface area (Å²) >= 11 is 0. The molecule has 0 atom stereocenters. The van der Waals surface area contributed by atoms with Crippen LogP contribution in [0.5, 0.6) is 0 Å². The van der Waals surface area contributed by atoms with E-state index in [2.05, 4.69) is 20.9 Å². The summed E-state index contributed by atoms with van der Waals surface area (Å²) in [6.45, 7) is 3.51. The van der Waals surface area contributed by atoms with Gasteiger partial charge >= 0.3 is 0 Å². The molecule has 0 saturated heterocycles. The predicted molar refractivity (Wildman–Crippen MR) is 133 cm³/mol. The smallest absolute Gasteiger partial charge is 0.253 e. The number of hydrogen-bond donors (Lipinski definition) is 3. The van der Waals surface area contributed by atoms with Crippen LogP contribution in [0.15, 0.2) is 29.3 Å². The monoisotopic (exact) mass is 529 g/mol. The Bertz CT molecular complexity index is 703. The molecular weight excluding hydrogens is 493 g/mol. The number of carbonyl (C=O) groups is 2. The fourth-order valence-corrected chi connectivity index (χ4v) is 3.46. The van der Waals surface area contributed by atoms with Gasteiger partial charge in [0.15, 0.2) is 5.96 Å². The summed E-state index contributed by atoms with van der Waals surface area (Å²) < 4.78 is 0. The first kappa shape index (κ1) is 26.2. The van der Waals surface area contributed by atoms with Gasteiger partial charge in [0.25, 0.3) is 5.91 Å². The van der Waals surface area contributed by atoms with Gasteiger partial charge < -0.3 is 20.9 Å². The second-order valence-electron chi connectivity index (χ2n) is 7.67. The Balaban J connectivity index is 0.00000450. The van der Waals surface area contributed by atoms with Crippen molar-refractivity contribution in [1.29, 1.82) is 0 Å². The number of guanidine groups is 1. The fourth-order valence-electron chi connectivity index (χ4n) is 3.46. The second kappa shape index (κ2) is 14.2. The molecule has 2 rings (SSSR count). The third-order valence-corrected chi connectivity index (χ3v) is 4.98. The van der Waals surface area contributed by atoms with Crippen LogP contribution in [-0.4, -0.2) is 62.4 Å². The van der Waals surface area contributed by atoms with Gasteiger partial charge in [-0.1, -0.05) is 31.4 Å². The minimum Gasteiger partial charge on any atom is -0.357 e. The Labute approximate surface area is 197 Å². The molecule has 0 radical (unpaired) electrons. The minimum atomic E-state index is -0.0241. The Hall–Kier alpha value is -1.84. The van der Waals surface area contributed by atoms with Crippen LogP contribution in [-0.2, 0) is 11.2 Å². The molecule has 1 aromatic rings. The van der Waals surface area contributed by atoms with Gasteiger partial charge in [0, 0.05) is 38.8 Å². The number of rotatable bonds is 8. The topological polar surface area (TPSA) is 85.8 Å². The zero-order chi connectivity index (χ0) is 21.1. The van der Waals surface area contributed by atoms with E-state index in [4.69, 9.17) is 0 Å². The average molecular weight is 529 g/mol. The quantitative estimate of drug-likeness (QED) is 0.275. The van der Waals surface area contributed by atoms with E-state index < -0.39 is 0 Å². The molecule has 0 spiro atoms. The molecule has 30 heavy (non-hydrogen) atoms. The molecule has 2 amide bonds. The van der Waals surface area contributed by atoms with Crippen LogP contribution >= 0.6 is 24.0 Å². The van der Waals surface area contributed by atoms with E-state index in [1.165, 1.54) is 19.3 Å². The molecule has 0 aromatic heterocycles. The molecule has 1 saturated carbocycles. The van der Waals surface area contributed by atoms with E-state index in [1.807, 2.05) is 31.2 Å². The summed E-state index contributed by atoms with van der Waals surface area (Å²) in [5.74, 6) is 0.606. The number of amides is 2. The fraction of sp³-hybridized carbons (Fsp3) is 0.591. The first-order valence-electron chi connectivity index (χ1n) is 10.6.